The minimum Gasteiger partial charge on any atom is -0.366 e. The van der Waals surface area contributed by atoms with Crippen LogP contribution in [0, 0.1) is 10.1 Å². The van der Waals surface area contributed by atoms with Gasteiger partial charge >= 0.3 is 0 Å². The molecule has 0 saturated carbocycles. The second kappa shape index (κ2) is 4.39. The molecular formula is C10H6Br2N2O2. The number of hydrogen-bond donors (Lipinski definition) is 1. The third-order valence-corrected chi connectivity index (χ3v) is 3.45. The predicted molar refractivity (Wildman–Crippen MR) is 68.3 cm³/mol. The molecule has 0 atom stereocenters. The Balaban J connectivity index is 2.70. The van der Waals surface area contributed by atoms with Gasteiger partial charge in [0.2, 0.25) is 0 Å². The van der Waals surface area contributed by atoms with Gasteiger partial charge in [0.25, 0.3) is 5.69 Å². The van der Waals surface area contributed by atoms with E-state index < -0.39 is 4.92 Å². The summed E-state index contributed by atoms with van der Waals surface area (Å²) in [7, 11) is 0. The lowest BCUT2D eigenvalue weighted by molar-refractivity contribution is -0.385. The van der Waals surface area contributed by atoms with Crippen molar-refractivity contribution in [2.24, 2.45) is 0 Å². The number of nitro benzene ring substituents is 1. The van der Waals surface area contributed by atoms with E-state index in [0.717, 1.165) is 10.0 Å². The van der Waals surface area contributed by atoms with Gasteiger partial charge in [-0.1, -0.05) is 6.07 Å². The molecule has 82 valence electrons. The van der Waals surface area contributed by atoms with Crippen LogP contribution in [0.4, 0.5) is 5.69 Å². The zero-order chi connectivity index (χ0) is 11.7. The monoisotopic (exact) mass is 344 g/mol. The molecule has 1 N–H and O–H groups in total. The van der Waals surface area contributed by atoms with E-state index in [0.29, 0.717) is 10.0 Å². The molecule has 0 saturated heterocycles. The van der Waals surface area contributed by atoms with Crippen LogP contribution < -0.4 is 0 Å². The molecule has 1 aromatic carbocycles. The van der Waals surface area contributed by atoms with Gasteiger partial charge < -0.3 is 4.98 Å². The number of aromatic nitrogens is 1. The Kier molecular flexibility index (Phi) is 3.11. The molecule has 0 unspecified atom stereocenters. The van der Waals surface area contributed by atoms with Gasteiger partial charge in [0, 0.05) is 22.4 Å². The summed E-state index contributed by atoms with van der Waals surface area (Å²) in [5.74, 6) is 0. The molecule has 1 aromatic heterocycles. The highest BCUT2D eigenvalue weighted by Gasteiger charge is 2.20. The number of halogens is 2. The van der Waals surface area contributed by atoms with E-state index in [-0.39, 0.29) is 5.69 Å². The van der Waals surface area contributed by atoms with Crippen molar-refractivity contribution in [2.45, 2.75) is 0 Å². The molecule has 0 bridgehead atoms. The number of nitrogens with zero attached hydrogens (tertiary/aromatic N) is 1. The first-order chi connectivity index (χ1) is 7.61. The lowest BCUT2D eigenvalue weighted by Gasteiger charge is -2.03. The molecule has 16 heavy (non-hydrogen) atoms. The molecule has 0 radical (unpaired) electrons. The van der Waals surface area contributed by atoms with Crippen LogP contribution in [0.2, 0.25) is 0 Å². The number of H-pyrrole nitrogens is 1. The van der Waals surface area contributed by atoms with E-state index in [1.165, 1.54) is 0 Å². The van der Waals surface area contributed by atoms with E-state index in [9.17, 15) is 10.1 Å². The summed E-state index contributed by atoms with van der Waals surface area (Å²) in [5.41, 5.74) is 1.42. The van der Waals surface area contributed by atoms with E-state index in [1.807, 2.05) is 0 Å². The van der Waals surface area contributed by atoms with Gasteiger partial charge in [-0.25, -0.2) is 0 Å². The molecular weight excluding hydrogens is 340 g/mol. The summed E-state index contributed by atoms with van der Waals surface area (Å²) in [5, 5.41) is 11.0. The molecule has 1 heterocycles. The van der Waals surface area contributed by atoms with E-state index in [4.69, 9.17) is 0 Å². The lowest BCUT2D eigenvalue weighted by Crippen LogP contribution is -1.92. The highest BCUT2D eigenvalue weighted by Crippen LogP contribution is 2.38. The molecule has 6 heteroatoms. The van der Waals surface area contributed by atoms with E-state index in [1.54, 1.807) is 30.6 Å². The summed E-state index contributed by atoms with van der Waals surface area (Å²) in [6.45, 7) is 0. The fourth-order valence-electron chi connectivity index (χ4n) is 1.47. The Bertz CT molecular complexity index is 552. The molecule has 0 fully saturated rings. The first-order valence-electron chi connectivity index (χ1n) is 4.37. The van der Waals surface area contributed by atoms with Crippen molar-refractivity contribution >= 4 is 37.5 Å². The normalized spacial score (nSPS) is 10.4. The van der Waals surface area contributed by atoms with Crippen LogP contribution in [0.15, 0.2) is 39.5 Å². The first-order valence-corrected chi connectivity index (χ1v) is 5.95. The number of aromatic amines is 1. The van der Waals surface area contributed by atoms with Crippen molar-refractivity contribution in [3.63, 3.8) is 0 Å². The summed E-state index contributed by atoms with van der Waals surface area (Å²) < 4.78 is 1.27. The van der Waals surface area contributed by atoms with Crippen LogP contribution in [0.1, 0.15) is 0 Å². The summed E-state index contributed by atoms with van der Waals surface area (Å²) in [6.07, 6.45) is 3.46. The van der Waals surface area contributed by atoms with Gasteiger partial charge in [0.05, 0.1) is 15.0 Å². The van der Waals surface area contributed by atoms with Crippen LogP contribution in [0.25, 0.3) is 11.1 Å². The van der Waals surface area contributed by atoms with Crippen LogP contribution >= 0.6 is 31.9 Å². The van der Waals surface area contributed by atoms with Gasteiger partial charge in [0.1, 0.15) is 0 Å². The molecule has 0 aliphatic carbocycles. The maximum atomic E-state index is 11.0. The zero-order valence-corrected chi connectivity index (χ0v) is 11.1. The fraction of sp³-hybridized carbons (Fsp3) is 0. The largest absolute Gasteiger partial charge is 0.366 e. The minimum atomic E-state index is -0.390. The van der Waals surface area contributed by atoms with E-state index in [2.05, 4.69) is 36.8 Å². The quantitative estimate of drug-likeness (QED) is 0.657. The molecule has 0 amide bonds. The Hall–Kier alpha value is -1.14. The van der Waals surface area contributed by atoms with Crippen molar-refractivity contribution in [1.29, 1.82) is 0 Å². The molecule has 2 rings (SSSR count). The standard InChI is InChI=1S/C10H6Br2N2O2/c11-8-3-1-2-6(10(8)14(15)16)7-4-13-5-9(7)12/h1-5,13H. The second-order valence-electron chi connectivity index (χ2n) is 3.11. The average molecular weight is 346 g/mol. The van der Waals surface area contributed by atoms with Crippen molar-refractivity contribution in [3.8, 4) is 11.1 Å². The highest BCUT2D eigenvalue weighted by atomic mass is 79.9. The van der Waals surface area contributed by atoms with Crippen molar-refractivity contribution in [3.05, 3.63) is 49.7 Å². The van der Waals surface area contributed by atoms with Gasteiger partial charge in [-0.15, -0.1) is 0 Å². The van der Waals surface area contributed by atoms with Crippen LogP contribution in [-0.4, -0.2) is 9.91 Å². The number of para-hydroxylation sites is 1. The summed E-state index contributed by atoms with van der Waals surface area (Å²) >= 11 is 6.53. The van der Waals surface area contributed by atoms with Gasteiger partial charge in [-0.3, -0.25) is 10.1 Å². The third-order valence-electron chi connectivity index (χ3n) is 2.15. The number of nitro groups is 1. The molecule has 0 aliphatic rings. The molecule has 0 aliphatic heterocycles. The fourth-order valence-corrected chi connectivity index (χ4v) is 2.44. The Morgan fingerprint density at radius 3 is 2.44 bits per heavy atom. The van der Waals surface area contributed by atoms with Gasteiger partial charge in [-0.05, 0) is 44.0 Å². The van der Waals surface area contributed by atoms with Crippen molar-refractivity contribution in [1.82, 2.24) is 4.98 Å². The summed E-state index contributed by atoms with van der Waals surface area (Å²) in [4.78, 5) is 13.5. The molecule has 2 aromatic rings. The third kappa shape index (κ3) is 1.90. The smallest absolute Gasteiger partial charge is 0.291 e. The second-order valence-corrected chi connectivity index (χ2v) is 4.82. The summed E-state index contributed by atoms with van der Waals surface area (Å²) in [6, 6.07) is 5.14. The Morgan fingerprint density at radius 1 is 1.12 bits per heavy atom. The van der Waals surface area contributed by atoms with Gasteiger partial charge in [0.15, 0.2) is 0 Å². The van der Waals surface area contributed by atoms with Crippen LogP contribution in [0.3, 0.4) is 0 Å². The topological polar surface area (TPSA) is 58.9 Å². The Morgan fingerprint density at radius 2 is 1.88 bits per heavy atom. The predicted octanol–water partition coefficient (Wildman–Crippen LogP) is 4.11. The average Bonchev–Trinajstić information content (AvgIpc) is 2.63. The lowest BCUT2D eigenvalue weighted by atomic mass is 10.1. The van der Waals surface area contributed by atoms with Crippen LogP contribution in [0.5, 0.6) is 0 Å². The van der Waals surface area contributed by atoms with Crippen molar-refractivity contribution in [2.75, 3.05) is 0 Å². The maximum absolute atomic E-state index is 11.0. The minimum absolute atomic E-state index is 0.0720. The first kappa shape index (κ1) is 11.3. The zero-order valence-electron chi connectivity index (χ0n) is 7.91. The van der Waals surface area contributed by atoms with Crippen molar-refractivity contribution < 1.29 is 4.92 Å². The molecule has 0 spiro atoms. The number of hydrogen-bond acceptors (Lipinski definition) is 2. The Labute approximate surface area is 108 Å². The SMILES string of the molecule is O=[N+]([O-])c1c(Br)cccc1-c1c[nH]cc1Br. The highest BCUT2D eigenvalue weighted by molar-refractivity contribution is 9.11. The number of rotatable bonds is 2. The van der Waals surface area contributed by atoms with Crippen LogP contribution in [-0.2, 0) is 0 Å². The van der Waals surface area contributed by atoms with Gasteiger partial charge in [-0.2, -0.15) is 0 Å². The number of nitrogens with one attached hydrogen (secondary N) is 1. The maximum Gasteiger partial charge on any atom is 0.291 e. The molecule has 4 nitrogen and oxygen atoms in total. The van der Waals surface area contributed by atoms with E-state index >= 15 is 0 Å². The number of benzene rings is 1.